The zero-order valence-electron chi connectivity index (χ0n) is 2.48. The molecule has 0 amide bonds. The van der Waals surface area contributed by atoms with E-state index < -0.39 is 0 Å². The lowest BCUT2D eigenvalue weighted by atomic mass is 11.7. The highest BCUT2D eigenvalue weighted by atomic mass is 127. The molecule has 0 atom stereocenters. The summed E-state index contributed by atoms with van der Waals surface area (Å²) in [4.78, 5) is 4.03. The van der Waals surface area contributed by atoms with Crippen molar-refractivity contribution in [2.45, 2.75) is 0 Å². The van der Waals surface area contributed by atoms with Crippen molar-refractivity contribution in [2.24, 2.45) is 0 Å². The molecule has 2 nitrogen and oxygen atoms in total. The summed E-state index contributed by atoms with van der Waals surface area (Å²) >= 11 is 10.7. The van der Waals surface area contributed by atoms with Crippen LogP contribution in [0.15, 0.2) is 0 Å². The molecule has 0 N–H and O–H groups in total. The molecule has 0 heterocycles. The van der Waals surface area contributed by atoms with E-state index in [1.54, 1.807) is 22.6 Å². The summed E-state index contributed by atoms with van der Waals surface area (Å²) in [5.41, 5.74) is 0. The Labute approximate surface area is 59.0 Å². The number of halogens is 2. The van der Waals surface area contributed by atoms with Gasteiger partial charge in [0.1, 0.15) is 11.9 Å². The number of hydrogen-bond donors (Lipinski definition) is 0. The highest BCUT2D eigenvalue weighted by molar-refractivity contribution is 14.1. The largest absolute Gasteiger partial charge is 0.301 e. The van der Waals surface area contributed by atoms with Gasteiger partial charge in [0.2, 0.25) is 0 Å². The van der Waals surface area contributed by atoms with Crippen LogP contribution in [-0.2, 0) is 9.33 Å². The Balaban J connectivity index is 2.83. The molecule has 0 radical (unpaired) electrons. The molecule has 0 aromatic heterocycles. The van der Waals surface area contributed by atoms with Crippen LogP contribution in [0.1, 0.15) is 0 Å². The van der Waals surface area contributed by atoms with Gasteiger partial charge in [-0.25, -0.2) is 0 Å². The van der Waals surface area contributed by atoms with Gasteiger partial charge in [-0.05, 0) is 12.2 Å². The molecule has 0 saturated heterocycles. The highest BCUT2D eigenvalue weighted by Gasteiger charge is 1.83. The maximum absolute atomic E-state index is 4.58. The van der Waals surface area contributed by atoms with Crippen molar-refractivity contribution in [1.29, 1.82) is 0 Å². The Morgan fingerprint density at radius 1 is 1.83 bits per heavy atom. The summed E-state index contributed by atoms with van der Waals surface area (Å²) in [6.07, 6.45) is 0. The van der Waals surface area contributed by atoms with Gasteiger partial charge in [0.25, 0.3) is 3.06 Å². The van der Waals surface area contributed by atoms with E-state index in [4.69, 9.17) is 0 Å². The van der Waals surface area contributed by atoms with E-state index in [1.165, 1.54) is 0 Å². The van der Waals surface area contributed by atoms with E-state index >= 15 is 0 Å². The molecule has 0 spiro atoms. The average molecular weight is 238 g/mol. The first-order valence-corrected chi connectivity index (χ1v) is 2.71. The van der Waals surface area contributed by atoms with Crippen LogP contribution in [0.25, 0.3) is 0 Å². The molecule has 36 valence electrons. The molecule has 0 unspecified atom stereocenters. The third-order valence-electron chi connectivity index (χ3n) is 0.0970. The highest BCUT2D eigenvalue weighted by Crippen LogP contribution is 1.93. The van der Waals surface area contributed by atoms with Gasteiger partial charge >= 0.3 is 0 Å². The average Bonchev–Trinajstić information content (AvgIpc) is 1.35. The van der Waals surface area contributed by atoms with Crippen molar-refractivity contribution in [2.75, 3.05) is 0 Å². The lowest BCUT2D eigenvalue weighted by Gasteiger charge is -1.85. The fourth-order valence-electron chi connectivity index (χ4n) is 0.0248. The Morgan fingerprint density at radius 3 is 2.33 bits per heavy atom. The molecule has 0 fully saturated rings. The van der Waals surface area contributed by atoms with Crippen molar-refractivity contribution in [3.63, 3.8) is 0 Å². The molecule has 5 heteroatoms. The smallest absolute Gasteiger partial charge is 0.267 e. The first-order valence-electron chi connectivity index (χ1n) is 0.918. The molecule has 0 aromatic rings. The fraction of sp³-hybridized carbons (Fsp3) is 0. The van der Waals surface area contributed by atoms with Crippen molar-refractivity contribution in [3.8, 4) is 0 Å². The predicted octanol–water partition coefficient (Wildman–Crippen LogP) is 1.81. The van der Waals surface area contributed by atoms with Gasteiger partial charge in [0, 0.05) is 22.6 Å². The molecule has 0 aliphatic carbocycles. The van der Waals surface area contributed by atoms with Crippen molar-refractivity contribution >= 4 is 49.7 Å². The Morgan fingerprint density at radius 2 is 2.33 bits per heavy atom. The molecular formula is CClIO2S. The maximum Gasteiger partial charge on any atom is 0.267 e. The van der Waals surface area contributed by atoms with Gasteiger partial charge in [0.05, 0.1) is 0 Å². The Hall–Kier alpha value is 0.870. The molecule has 0 aliphatic heterocycles. The van der Waals surface area contributed by atoms with Crippen molar-refractivity contribution in [3.05, 3.63) is 0 Å². The zero-order chi connectivity index (χ0) is 4.99. The van der Waals surface area contributed by atoms with E-state index in [0.717, 1.165) is 0 Å². The lowest BCUT2D eigenvalue weighted by Crippen LogP contribution is -1.83. The minimum Gasteiger partial charge on any atom is -0.301 e. The lowest BCUT2D eigenvalue weighted by molar-refractivity contribution is -0.0994. The summed E-state index contributed by atoms with van der Waals surface area (Å²) in [6, 6.07) is 0. The molecule has 0 rings (SSSR count). The van der Waals surface area contributed by atoms with Gasteiger partial charge < -0.3 is 4.89 Å². The quantitative estimate of drug-likeness (QED) is 0.228. The standard InChI is InChI=1S/CClIO2S/c2-5-4-1(3)6. The second kappa shape index (κ2) is 4.04. The van der Waals surface area contributed by atoms with Gasteiger partial charge in [-0.3, -0.25) is 0 Å². The van der Waals surface area contributed by atoms with E-state index in [9.17, 15) is 0 Å². The van der Waals surface area contributed by atoms with Gasteiger partial charge in [-0.15, -0.1) is 0 Å². The summed E-state index contributed by atoms with van der Waals surface area (Å²) in [5, 5.41) is 0. The van der Waals surface area contributed by atoms with E-state index in [2.05, 4.69) is 33.4 Å². The van der Waals surface area contributed by atoms with Crippen LogP contribution in [0.5, 0.6) is 0 Å². The van der Waals surface area contributed by atoms with Crippen molar-refractivity contribution in [1.82, 2.24) is 0 Å². The molecule has 0 aliphatic rings. The van der Waals surface area contributed by atoms with E-state index in [1.807, 2.05) is 0 Å². The topological polar surface area (TPSA) is 18.5 Å². The first kappa shape index (κ1) is 6.87. The monoisotopic (exact) mass is 238 g/mol. The zero-order valence-corrected chi connectivity index (χ0v) is 6.21. The summed E-state index contributed by atoms with van der Waals surface area (Å²) in [7, 11) is 0. The number of thiocarbonyl (C=S) groups is 1. The summed E-state index contributed by atoms with van der Waals surface area (Å²) in [6.45, 7) is 0. The molecule has 0 saturated carbocycles. The first-order chi connectivity index (χ1) is 2.77. The van der Waals surface area contributed by atoms with Gasteiger partial charge in [-0.2, -0.15) is 0 Å². The van der Waals surface area contributed by atoms with Crippen LogP contribution < -0.4 is 0 Å². The van der Waals surface area contributed by atoms with Crippen LogP contribution in [0.4, 0.5) is 0 Å². The minimum absolute atomic E-state index is 0.239. The van der Waals surface area contributed by atoms with E-state index in [-0.39, 0.29) is 3.06 Å². The van der Waals surface area contributed by atoms with Gasteiger partial charge in [0.15, 0.2) is 0 Å². The molecule has 6 heavy (non-hydrogen) atoms. The Bertz CT molecular complexity index is 57.5. The minimum atomic E-state index is 0.239. The van der Waals surface area contributed by atoms with Crippen molar-refractivity contribution < 1.29 is 9.33 Å². The number of rotatable bonds is 1. The second-order valence-corrected chi connectivity index (χ2v) is 2.59. The van der Waals surface area contributed by atoms with Gasteiger partial charge in [-0.1, -0.05) is 4.44 Å². The van der Waals surface area contributed by atoms with Crippen LogP contribution in [0, 0.1) is 0 Å². The third kappa shape index (κ3) is 4.87. The van der Waals surface area contributed by atoms with E-state index in [0.29, 0.717) is 0 Å². The Kier molecular flexibility index (Phi) is 4.63. The normalized spacial score (nSPS) is 7.67. The number of hydrogen-bond acceptors (Lipinski definition) is 3. The molecule has 0 bridgehead atoms. The van der Waals surface area contributed by atoms with Crippen LogP contribution in [-0.4, -0.2) is 3.06 Å². The predicted molar refractivity (Wildman–Crippen MR) is 34.6 cm³/mol. The maximum atomic E-state index is 4.58. The second-order valence-electron chi connectivity index (χ2n) is 0.384. The molecular weight excluding hydrogens is 238 g/mol. The third-order valence-corrected chi connectivity index (χ3v) is 0.408. The molecule has 0 aromatic carbocycles. The fourth-order valence-corrected chi connectivity index (χ4v) is 0.355. The summed E-state index contributed by atoms with van der Waals surface area (Å²) in [5.74, 6) is 0. The van der Waals surface area contributed by atoms with Crippen LogP contribution >= 0.6 is 46.7 Å². The SMILES string of the molecule is S=C(I)OOCl. The van der Waals surface area contributed by atoms with Crippen LogP contribution in [0.2, 0.25) is 0 Å². The summed E-state index contributed by atoms with van der Waals surface area (Å²) < 4.78 is 3.87. The van der Waals surface area contributed by atoms with Crippen LogP contribution in [0.3, 0.4) is 0 Å².